The Morgan fingerprint density at radius 1 is 1.19 bits per heavy atom. The van der Waals surface area contributed by atoms with E-state index in [1.807, 2.05) is 18.7 Å². The van der Waals surface area contributed by atoms with Crippen LogP contribution in [0.4, 0.5) is 23.2 Å². The molecule has 0 radical (unpaired) electrons. The zero-order chi connectivity index (χ0) is 19.8. The van der Waals surface area contributed by atoms with Crippen LogP contribution in [-0.4, -0.2) is 59.7 Å². The zero-order valence-corrected chi connectivity index (χ0v) is 15.9. The minimum Gasteiger partial charge on any atom is -0.382 e. The maximum absolute atomic E-state index is 13.4. The van der Waals surface area contributed by atoms with E-state index in [0.29, 0.717) is 30.7 Å². The van der Waals surface area contributed by atoms with E-state index in [-0.39, 0.29) is 12.2 Å². The van der Waals surface area contributed by atoms with Crippen LogP contribution in [0.3, 0.4) is 0 Å². The van der Waals surface area contributed by atoms with Crippen LogP contribution in [0.1, 0.15) is 13.8 Å². The first-order valence-electron chi connectivity index (χ1n) is 7.79. The quantitative estimate of drug-likeness (QED) is 0.747. The minimum absolute atomic E-state index is 0.131. The molecule has 0 unspecified atom stereocenters. The van der Waals surface area contributed by atoms with Gasteiger partial charge in [0.2, 0.25) is 0 Å². The summed E-state index contributed by atoms with van der Waals surface area (Å²) in [7, 11) is -6.56. The Balaban J connectivity index is 2.24. The van der Waals surface area contributed by atoms with Crippen molar-refractivity contribution in [3.63, 3.8) is 0 Å². The molecule has 2 rings (SSSR count). The Hall–Kier alpha value is -1.20. The molecule has 5 nitrogen and oxygen atoms in total. The van der Waals surface area contributed by atoms with Gasteiger partial charge in [0.05, 0.1) is 5.69 Å². The number of nitrogens with zero attached hydrogens (tertiary/aromatic N) is 1. The van der Waals surface area contributed by atoms with E-state index >= 15 is 0 Å². The van der Waals surface area contributed by atoms with Gasteiger partial charge in [-0.25, -0.2) is 12.8 Å². The van der Waals surface area contributed by atoms with Crippen molar-refractivity contribution < 1.29 is 30.2 Å². The van der Waals surface area contributed by atoms with Crippen LogP contribution >= 0.6 is 0 Å². The molecule has 1 heterocycles. The van der Waals surface area contributed by atoms with E-state index in [1.165, 1.54) is 0 Å². The van der Waals surface area contributed by atoms with Crippen molar-refractivity contribution in [3.05, 3.63) is 24.0 Å². The fourth-order valence-corrected chi connectivity index (χ4v) is 4.65. The van der Waals surface area contributed by atoms with E-state index in [0.717, 1.165) is 12.1 Å². The van der Waals surface area contributed by atoms with Crippen molar-refractivity contribution >= 4 is 26.3 Å². The first kappa shape index (κ1) is 21.1. The van der Waals surface area contributed by atoms with Crippen molar-refractivity contribution in [2.45, 2.75) is 29.8 Å². The Kier molecular flexibility index (Phi) is 6.03. The number of nitrogens with one attached hydrogen (secondary N) is 1. The van der Waals surface area contributed by atoms with Crippen molar-refractivity contribution in [1.82, 2.24) is 4.90 Å². The second-order valence-corrected chi connectivity index (χ2v) is 10.2. The Bertz CT molecular complexity index is 785. The maximum atomic E-state index is 13.4. The first-order valence-corrected chi connectivity index (χ1v) is 10.8. The number of benzene rings is 1. The highest BCUT2D eigenvalue weighted by Crippen LogP contribution is 2.35. The fraction of sp³-hybridized carbons (Fsp3) is 0.600. The zero-order valence-electron chi connectivity index (χ0n) is 14.3. The lowest BCUT2D eigenvalue weighted by molar-refractivity contribution is -0.0435. The molecule has 148 valence electrons. The third-order valence-electron chi connectivity index (χ3n) is 4.28. The predicted molar refractivity (Wildman–Crippen MR) is 91.7 cm³/mol. The highest BCUT2D eigenvalue weighted by Gasteiger charge is 2.48. The first-order chi connectivity index (χ1) is 11.8. The van der Waals surface area contributed by atoms with Crippen LogP contribution in [0.5, 0.6) is 0 Å². The summed E-state index contributed by atoms with van der Waals surface area (Å²) < 4.78 is 86.8. The largest absolute Gasteiger partial charge is 0.501 e. The van der Waals surface area contributed by atoms with E-state index in [9.17, 15) is 30.2 Å². The lowest BCUT2D eigenvalue weighted by Gasteiger charge is -2.41. The third kappa shape index (κ3) is 4.55. The van der Waals surface area contributed by atoms with Crippen LogP contribution < -0.4 is 5.32 Å². The van der Waals surface area contributed by atoms with Gasteiger partial charge < -0.3 is 5.32 Å². The Morgan fingerprint density at radius 3 is 2.31 bits per heavy atom. The van der Waals surface area contributed by atoms with Crippen molar-refractivity contribution in [2.75, 3.05) is 36.5 Å². The van der Waals surface area contributed by atoms with Gasteiger partial charge in [0.1, 0.15) is 10.7 Å². The molecule has 1 aromatic rings. The monoisotopic (exact) mass is 416 g/mol. The van der Waals surface area contributed by atoms with Crippen LogP contribution in [-0.2, 0) is 20.6 Å². The lowest BCUT2D eigenvalue weighted by atomic mass is 10.0. The summed E-state index contributed by atoms with van der Waals surface area (Å²) >= 11 is 0. The van der Waals surface area contributed by atoms with Gasteiger partial charge in [-0.2, -0.15) is 13.2 Å². The molecule has 26 heavy (non-hydrogen) atoms. The molecule has 0 bridgehead atoms. The summed E-state index contributed by atoms with van der Waals surface area (Å²) in [4.78, 5) is 0.892. The summed E-state index contributed by atoms with van der Waals surface area (Å²) in [5.74, 6) is -0.0578. The normalized spacial score (nSPS) is 18.1. The number of anilines is 1. The number of alkyl halides is 3. The molecule has 1 N–H and O–H groups in total. The van der Waals surface area contributed by atoms with Gasteiger partial charge >= 0.3 is 5.51 Å². The summed E-state index contributed by atoms with van der Waals surface area (Å²) in [6.07, 6.45) is 0. The second kappa shape index (κ2) is 7.43. The Morgan fingerprint density at radius 2 is 1.77 bits per heavy atom. The topological polar surface area (TPSA) is 66.5 Å². The minimum atomic E-state index is -5.69. The molecular formula is C15H20F4N2O3S2. The molecule has 11 heteroatoms. The van der Waals surface area contributed by atoms with Crippen LogP contribution in [0.25, 0.3) is 0 Å². The van der Waals surface area contributed by atoms with Crippen molar-refractivity contribution in [2.24, 2.45) is 0 Å². The van der Waals surface area contributed by atoms with E-state index < -0.39 is 42.4 Å². The molecule has 0 amide bonds. The van der Waals surface area contributed by atoms with Gasteiger partial charge in [0.25, 0.3) is 9.84 Å². The van der Waals surface area contributed by atoms with Crippen molar-refractivity contribution in [1.29, 1.82) is 0 Å². The molecule has 1 fully saturated rings. The molecule has 1 aliphatic rings. The lowest BCUT2D eigenvalue weighted by Crippen LogP contribution is -2.53. The number of sulfone groups is 1. The summed E-state index contributed by atoms with van der Waals surface area (Å²) in [5, 5.41) is 2.70. The van der Waals surface area contributed by atoms with Gasteiger partial charge in [-0.1, -0.05) is 0 Å². The summed E-state index contributed by atoms with van der Waals surface area (Å²) in [6.45, 7) is 4.95. The molecule has 0 aliphatic carbocycles. The van der Waals surface area contributed by atoms with Gasteiger partial charge in [0.15, 0.2) is 0 Å². The molecular weight excluding hydrogens is 396 g/mol. The van der Waals surface area contributed by atoms with Crippen LogP contribution in [0.15, 0.2) is 23.1 Å². The average molecular weight is 416 g/mol. The number of hydrogen-bond acceptors (Lipinski definition) is 5. The van der Waals surface area contributed by atoms with E-state index in [2.05, 4.69) is 5.32 Å². The smallest absolute Gasteiger partial charge is 0.382 e. The van der Waals surface area contributed by atoms with E-state index in [1.54, 1.807) is 0 Å². The Labute approximate surface area is 152 Å². The summed E-state index contributed by atoms with van der Waals surface area (Å²) in [5.41, 5.74) is -6.36. The second-order valence-electron chi connectivity index (χ2n) is 6.59. The maximum Gasteiger partial charge on any atom is 0.501 e. The van der Waals surface area contributed by atoms with Gasteiger partial charge in [0, 0.05) is 47.5 Å². The highest BCUT2D eigenvalue weighted by molar-refractivity contribution is 7.92. The van der Waals surface area contributed by atoms with Gasteiger partial charge in [-0.15, -0.1) is 0 Å². The average Bonchev–Trinajstić information content (AvgIpc) is 2.53. The number of halogens is 4. The molecule has 0 atom stereocenters. The highest BCUT2D eigenvalue weighted by atomic mass is 32.2. The molecule has 0 spiro atoms. The molecule has 1 saturated heterocycles. The molecule has 0 aromatic heterocycles. The predicted octanol–water partition coefficient (Wildman–Crippen LogP) is 2.37. The standard InChI is InChI=1S/C15H20F4N2O3S2/c1-14(2,21-5-7-25(22)8-6-21)10-20-12-4-3-11(16)9-13(12)26(23,24)15(17,18)19/h3-4,9,20H,5-8,10H2,1-2H3. The molecule has 1 aliphatic heterocycles. The van der Waals surface area contributed by atoms with E-state index in [4.69, 9.17) is 0 Å². The van der Waals surface area contributed by atoms with Gasteiger partial charge in [-0.05, 0) is 32.0 Å². The summed E-state index contributed by atoms with van der Waals surface area (Å²) in [6, 6.07) is 2.24. The fourth-order valence-electron chi connectivity index (χ4n) is 2.66. The number of rotatable bonds is 5. The molecule has 0 saturated carbocycles. The molecule has 1 aromatic carbocycles. The van der Waals surface area contributed by atoms with Gasteiger partial charge in [-0.3, -0.25) is 9.11 Å². The van der Waals surface area contributed by atoms with Crippen LogP contribution in [0, 0.1) is 5.82 Å². The number of hydrogen-bond donors (Lipinski definition) is 1. The van der Waals surface area contributed by atoms with Crippen molar-refractivity contribution in [3.8, 4) is 0 Å². The van der Waals surface area contributed by atoms with Crippen LogP contribution in [0.2, 0.25) is 0 Å². The third-order valence-corrected chi connectivity index (χ3v) is 7.09. The SMILES string of the molecule is CC(C)(CNc1ccc(F)cc1S(=O)(=O)C(F)(F)F)N1CCS(=O)CC1.